The van der Waals surface area contributed by atoms with Crippen LogP contribution in [0.15, 0.2) is 82.5 Å². The van der Waals surface area contributed by atoms with Gasteiger partial charge in [-0.1, -0.05) is 46.3 Å². The Bertz CT molecular complexity index is 1510. The maximum Gasteiger partial charge on any atom is 0.343 e. The molecule has 0 saturated carbocycles. The summed E-state index contributed by atoms with van der Waals surface area (Å²) in [6.07, 6.45) is 2.85. The van der Waals surface area contributed by atoms with E-state index in [0.29, 0.717) is 28.6 Å². The summed E-state index contributed by atoms with van der Waals surface area (Å²) in [5.74, 6) is 0.594. The highest BCUT2D eigenvalue weighted by Gasteiger charge is 2.16. The number of nitrogens with zero attached hydrogens (tertiary/aromatic N) is 3. The molecule has 0 spiro atoms. The second-order valence-corrected chi connectivity index (χ2v) is 8.81. The van der Waals surface area contributed by atoms with Crippen molar-refractivity contribution < 1.29 is 23.8 Å². The SMILES string of the molecule is COc1ccc(C(=O)Oc2ccc(Br)cc2C=NNC(=O)c2cnc(-c3ccccc3)nc2C)cc1OC. The molecule has 3 aromatic carbocycles. The van der Waals surface area contributed by atoms with Crippen molar-refractivity contribution in [1.29, 1.82) is 0 Å². The Morgan fingerprint density at radius 1 is 0.947 bits per heavy atom. The van der Waals surface area contributed by atoms with Crippen molar-refractivity contribution in [2.45, 2.75) is 6.92 Å². The lowest BCUT2D eigenvalue weighted by molar-refractivity contribution is 0.0733. The number of hydrogen-bond donors (Lipinski definition) is 1. The third-order valence-electron chi connectivity index (χ3n) is 5.42. The van der Waals surface area contributed by atoms with E-state index in [1.807, 2.05) is 30.3 Å². The molecule has 1 amide bonds. The molecular weight excluding hydrogens is 552 g/mol. The number of methoxy groups -OCH3 is 2. The second kappa shape index (κ2) is 12.1. The fraction of sp³-hybridized carbons (Fsp3) is 0.107. The van der Waals surface area contributed by atoms with Crippen LogP contribution in [0.3, 0.4) is 0 Å². The Labute approximate surface area is 227 Å². The first-order chi connectivity index (χ1) is 18.4. The summed E-state index contributed by atoms with van der Waals surface area (Å²) in [7, 11) is 2.99. The number of esters is 1. The van der Waals surface area contributed by atoms with E-state index >= 15 is 0 Å². The number of hydrogen-bond acceptors (Lipinski definition) is 8. The molecule has 192 valence electrons. The standard InChI is InChI=1S/C28H23BrN4O5/c1-17-22(16-30-26(32-17)18-7-5-4-6-8-18)27(34)33-31-15-20-13-21(29)10-12-23(20)38-28(35)19-9-11-24(36-2)25(14-19)37-3/h4-16H,1-3H3,(H,33,34). The Hall–Kier alpha value is -4.57. The van der Waals surface area contributed by atoms with Crippen LogP contribution in [-0.4, -0.2) is 42.3 Å². The largest absolute Gasteiger partial charge is 0.493 e. The van der Waals surface area contributed by atoms with Gasteiger partial charge in [-0.15, -0.1) is 0 Å². The minimum atomic E-state index is -0.599. The molecule has 0 bridgehead atoms. The monoisotopic (exact) mass is 574 g/mol. The molecule has 1 aromatic heterocycles. The molecule has 0 aliphatic heterocycles. The first-order valence-corrected chi connectivity index (χ1v) is 12.1. The lowest BCUT2D eigenvalue weighted by atomic mass is 10.2. The summed E-state index contributed by atoms with van der Waals surface area (Å²) in [4.78, 5) is 34.2. The van der Waals surface area contributed by atoms with Gasteiger partial charge in [-0.05, 0) is 43.3 Å². The van der Waals surface area contributed by atoms with E-state index < -0.39 is 11.9 Å². The highest BCUT2D eigenvalue weighted by atomic mass is 79.9. The van der Waals surface area contributed by atoms with Gasteiger partial charge in [-0.2, -0.15) is 5.10 Å². The van der Waals surface area contributed by atoms with Crippen LogP contribution in [0, 0.1) is 6.92 Å². The van der Waals surface area contributed by atoms with E-state index in [1.54, 1.807) is 37.3 Å². The van der Waals surface area contributed by atoms with Crippen molar-refractivity contribution >= 4 is 34.0 Å². The second-order valence-electron chi connectivity index (χ2n) is 7.90. The summed E-state index contributed by atoms with van der Waals surface area (Å²) >= 11 is 3.40. The Balaban J connectivity index is 1.48. The fourth-order valence-corrected chi connectivity index (χ4v) is 3.85. The highest BCUT2D eigenvalue weighted by molar-refractivity contribution is 9.10. The molecule has 4 aromatic rings. The average molecular weight is 575 g/mol. The number of amides is 1. The van der Waals surface area contributed by atoms with E-state index in [9.17, 15) is 9.59 Å². The van der Waals surface area contributed by atoms with Crippen LogP contribution in [0.2, 0.25) is 0 Å². The zero-order valence-corrected chi connectivity index (χ0v) is 22.4. The van der Waals surface area contributed by atoms with Gasteiger partial charge >= 0.3 is 5.97 Å². The first-order valence-electron chi connectivity index (χ1n) is 11.4. The van der Waals surface area contributed by atoms with Gasteiger partial charge in [0.25, 0.3) is 5.91 Å². The molecule has 9 nitrogen and oxygen atoms in total. The van der Waals surface area contributed by atoms with Gasteiger partial charge < -0.3 is 14.2 Å². The van der Waals surface area contributed by atoms with Gasteiger partial charge in [-0.25, -0.2) is 20.2 Å². The summed E-state index contributed by atoms with van der Waals surface area (Å²) < 4.78 is 16.8. The van der Waals surface area contributed by atoms with Crippen LogP contribution in [0.4, 0.5) is 0 Å². The predicted molar refractivity (Wildman–Crippen MR) is 146 cm³/mol. The van der Waals surface area contributed by atoms with Gasteiger partial charge in [0.15, 0.2) is 17.3 Å². The van der Waals surface area contributed by atoms with Gasteiger partial charge in [0.05, 0.1) is 37.3 Å². The maximum absolute atomic E-state index is 12.8. The number of carbonyl (C=O) groups is 2. The quantitative estimate of drug-likeness (QED) is 0.133. The number of aryl methyl sites for hydroxylation is 1. The van der Waals surface area contributed by atoms with Crippen LogP contribution in [-0.2, 0) is 0 Å². The number of halogens is 1. The van der Waals surface area contributed by atoms with Crippen molar-refractivity contribution in [2.75, 3.05) is 14.2 Å². The van der Waals surface area contributed by atoms with Crippen molar-refractivity contribution in [1.82, 2.24) is 15.4 Å². The number of benzene rings is 3. The lowest BCUT2D eigenvalue weighted by Crippen LogP contribution is -2.20. The maximum atomic E-state index is 12.8. The van der Waals surface area contributed by atoms with Crippen LogP contribution in [0.5, 0.6) is 17.2 Å². The molecule has 0 radical (unpaired) electrons. The molecule has 0 atom stereocenters. The van der Waals surface area contributed by atoms with Crippen LogP contribution >= 0.6 is 15.9 Å². The molecule has 0 unspecified atom stereocenters. The zero-order chi connectivity index (χ0) is 27.1. The van der Waals surface area contributed by atoms with E-state index in [4.69, 9.17) is 14.2 Å². The third-order valence-corrected chi connectivity index (χ3v) is 5.91. The number of rotatable bonds is 8. The summed E-state index contributed by atoms with van der Waals surface area (Å²) in [5, 5.41) is 4.04. The van der Waals surface area contributed by atoms with E-state index in [2.05, 4.69) is 36.4 Å². The molecule has 4 rings (SSSR count). The van der Waals surface area contributed by atoms with E-state index in [0.717, 1.165) is 10.0 Å². The van der Waals surface area contributed by atoms with Gasteiger partial charge in [0, 0.05) is 21.8 Å². The molecule has 0 saturated heterocycles. The Morgan fingerprint density at radius 2 is 1.68 bits per heavy atom. The normalized spacial score (nSPS) is 10.7. The van der Waals surface area contributed by atoms with E-state index in [1.165, 1.54) is 32.7 Å². The van der Waals surface area contributed by atoms with Crippen molar-refractivity contribution in [3.8, 4) is 28.6 Å². The summed E-state index contributed by atoms with van der Waals surface area (Å²) in [5.41, 5.74) is 4.86. The molecule has 0 aliphatic carbocycles. The van der Waals surface area contributed by atoms with Gasteiger partial charge in [-0.3, -0.25) is 4.79 Å². The summed E-state index contributed by atoms with van der Waals surface area (Å²) in [6, 6.07) is 19.3. The molecule has 1 N–H and O–H groups in total. The Kier molecular flexibility index (Phi) is 8.44. The average Bonchev–Trinajstić information content (AvgIpc) is 2.94. The van der Waals surface area contributed by atoms with Crippen LogP contribution < -0.4 is 19.6 Å². The third kappa shape index (κ3) is 6.22. The smallest absolute Gasteiger partial charge is 0.343 e. The first kappa shape index (κ1) is 26.5. The molecule has 0 aliphatic rings. The molecular formula is C28H23BrN4O5. The number of nitrogens with one attached hydrogen (secondary N) is 1. The number of ether oxygens (including phenoxy) is 3. The van der Waals surface area contributed by atoms with Crippen molar-refractivity contribution in [2.24, 2.45) is 5.10 Å². The topological polar surface area (TPSA) is 112 Å². The highest BCUT2D eigenvalue weighted by Crippen LogP contribution is 2.29. The van der Waals surface area contributed by atoms with Crippen molar-refractivity contribution in [3.05, 3.63) is 99.8 Å². The molecule has 0 fully saturated rings. The number of aromatic nitrogens is 2. The number of carbonyl (C=O) groups excluding carboxylic acids is 2. The fourth-order valence-electron chi connectivity index (χ4n) is 3.47. The molecule has 10 heteroatoms. The van der Waals surface area contributed by atoms with E-state index in [-0.39, 0.29) is 16.9 Å². The minimum Gasteiger partial charge on any atom is -0.493 e. The van der Waals surface area contributed by atoms with Gasteiger partial charge in [0.2, 0.25) is 0 Å². The predicted octanol–water partition coefficient (Wildman–Crippen LogP) is 5.21. The zero-order valence-electron chi connectivity index (χ0n) is 20.8. The minimum absolute atomic E-state index is 0.248. The van der Waals surface area contributed by atoms with Crippen LogP contribution in [0.1, 0.15) is 32.0 Å². The Morgan fingerprint density at radius 3 is 2.39 bits per heavy atom. The van der Waals surface area contributed by atoms with Crippen LogP contribution in [0.25, 0.3) is 11.4 Å². The molecule has 1 heterocycles. The number of hydrazone groups is 1. The van der Waals surface area contributed by atoms with Gasteiger partial charge in [0.1, 0.15) is 5.75 Å². The lowest BCUT2D eigenvalue weighted by Gasteiger charge is -2.11. The molecule has 38 heavy (non-hydrogen) atoms. The summed E-state index contributed by atoms with van der Waals surface area (Å²) in [6.45, 7) is 1.73. The van der Waals surface area contributed by atoms with Crippen molar-refractivity contribution in [3.63, 3.8) is 0 Å².